The Morgan fingerprint density at radius 3 is 2.60 bits per heavy atom. The van der Waals surface area contributed by atoms with Gasteiger partial charge in [-0.05, 0) is 42.2 Å². The van der Waals surface area contributed by atoms with E-state index in [9.17, 15) is 4.79 Å². The second-order valence-electron chi connectivity index (χ2n) is 5.16. The van der Waals surface area contributed by atoms with Gasteiger partial charge in [0.05, 0.1) is 5.56 Å². The summed E-state index contributed by atoms with van der Waals surface area (Å²) in [5, 5.41) is 8.92. The summed E-state index contributed by atoms with van der Waals surface area (Å²) in [7, 11) is 0. The molecule has 3 heteroatoms. The minimum atomic E-state index is -0.875. The molecule has 0 fully saturated rings. The van der Waals surface area contributed by atoms with E-state index in [1.807, 2.05) is 12.1 Å². The van der Waals surface area contributed by atoms with E-state index in [4.69, 9.17) is 5.11 Å². The zero-order valence-corrected chi connectivity index (χ0v) is 11.2. The fraction of sp³-hybridized carbons (Fsp3) is 0.235. The SMILES string of the molecule is O=C(O)c1ccc(CN2CCCc3ccccc32)cc1. The standard InChI is InChI=1S/C17H17NO2/c19-17(20)15-9-7-13(8-10-15)12-18-11-3-5-14-4-1-2-6-16(14)18/h1-2,4,6-10H,3,5,11-12H2,(H,19,20). The fourth-order valence-electron chi connectivity index (χ4n) is 2.75. The number of benzene rings is 2. The second-order valence-corrected chi connectivity index (χ2v) is 5.16. The van der Waals surface area contributed by atoms with E-state index in [1.165, 1.54) is 17.7 Å². The molecule has 3 rings (SSSR count). The zero-order chi connectivity index (χ0) is 13.9. The van der Waals surface area contributed by atoms with Crippen LogP contribution in [0.3, 0.4) is 0 Å². The fourth-order valence-corrected chi connectivity index (χ4v) is 2.75. The van der Waals surface area contributed by atoms with Crippen LogP contribution in [-0.2, 0) is 13.0 Å². The van der Waals surface area contributed by atoms with Gasteiger partial charge < -0.3 is 10.0 Å². The highest BCUT2D eigenvalue weighted by atomic mass is 16.4. The van der Waals surface area contributed by atoms with Gasteiger partial charge in [0.25, 0.3) is 0 Å². The molecule has 0 unspecified atom stereocenters. The van der Waals surface area contributed by atoms with Gasteiger partial charge in [0.15, 0.2) is 0 Å². The van der Waals surface area contributed by atoms with Gasteiger partial charge in [-0.3, -0.25) is 0 Å². The van der Waals surface area contributed by atoms with Crippen molar-refractivity contribution in [3.8, 4) is 0 Å². The molecular weight excluding hydrogens is 250 g/mol. The summed E-state index contributed by atoms with van der Waals surface area (Å²) >= 11 is 0. The number of nitrogens with zero attached hydrogens (tertiary/aromatic N) is 1. The van der Waals surface area contributed by atoms with E-state index >= 15 is 0 Å². The summed E-state index contributed by atoms with van der Waals surface area (Å²) in [5.74, 6) is -0.875. The third kappa shape index (κ3) is 2.52. The molecule has 0 aromatic heterocycles. The van der Waals surface area contributed by atoms with E-state index in [0.29, 0.717) is 5.56 Å². The molecule has 0 spiro atoms. The van der Waals surface area contributed by atoms with Gasteiger partial charge >= 0.3 is 5.97 Å². The highest BCUT2D eigenvalue weighted by molar-refractivity contribution is 5.87. The smallest absolute Gasteiger partial charge is 0.335 e. The lowest BCUT2D eigenvalue weighted by molar-refractivity contribution is 0.0697. The van der Waals surface area contributed by atoms with Gasteiger partial charge in [-0.25, -0.2) is 4.79 Å². The first-order chi connectivity index (χ1) is 9.74. The number of anilines is 1. The highest BCUT2D eigenvalue weighted by Gasteiger charge is 2.16. The molecule has 102 valence electrons. The van der Waals surface area contributed by atoms with Crippen LogP contribution in [-0.4, -0.2) is 17.6 Å². The molecule has 1 aliphatic heterocycles. The third-order valence-corrected chi connectivity index (χ3v) is 3.78. The van der Waals surface area contributed by atoms with Gasteiger partial charge in [-0.2, -0.15) is 0 Å². The predicted octanol–water partition coefficient (Wildman–Crippen LogP) is 3.34. The highest BCUT2D eigenvalue weighted by Crippen LogP contribution is 2.28. The van der Waals surface area contributed by atoms with Crippen LogP contribution in [0.25, 0.3) is 0 Å². The molecule has 0 bridgehead atoms. The number of carbonyl (C=O) groups is 1. The van der Waals surface area contributed by atoms with E-state index < -0.39 is 5.97 Å². The molecule has 3 nitrogen and oxygen atoms in total. The van der Waals surface area contributed by atoms with Crippen molar-refractivity contribution in [1.82, 2.24) is 0 Å². The first kappa shape index (κ1) is 12.7. The Labute approximate surface area is 118 Å². The van der Waals surface area contributed by atoms with Gasteiger partial charge in [-0.1, -0.05) is 30.3 Å². The summed E-state index contributed by atoms with van der Waals surface area (Å²) in [6, 6.07) is 15.7. The lowest BCUT2D eigenvalue weighted by Gasteiger charge is -2.31. The molecule has 2 aromatic carbocycles. The molecule has 1 N–H and O–H groups in total. The van der Waals surface area contributed by atoms with Crippen molar-refractivity contribution >= 4 is 11.7 Å². The average Bonchev–Trinajstić information content (AvgIpc) is 2.48. The maximum absolute atomic E-state index is 10.9. The molecule has 0 aliphatic carbocycles. The first-order valence-electron chi connectivity index (χ1n) is 6.89. The Kier molecular flexibility index (Phi) is 3.42. The van der Waals surface area contributed by atoms with Gasteiger partial charge in [-0.15, -0.1) is 0 Å². The summed E-state index contributed by atoms with van der Waals surface area (Å²) in [6.07, 6.45) is 2.31. The van der Waals surface area contributed by atoms with Crippen molar-refractivity contribution in [1.29, 1.82) is 0 Å². The molecule has 2 aromatic rings. The van der Waals surface area contributed by atoms with E-state index in [-0.39, 0.29) is 0 Å². The molecule has 1 heterocycles. The number of para-hydroxylation sites is 1. The third-order valence-electron chi connectivity index (χ3n) is 3.78. The Hall–Kier alpha value is -2.29. The Balaban J connectivity index is 1.80. The maximum atomic E-state index is 10.9. The first-order valence-corrected chi connectivity index (χ1v) is 6.89. The largest absolute Gasteiger partial charge is 0.478 e. The predicted molar refractivity (Wildman–Crippen MR) is 79.2 cm³/mol. The van der Waals surface area contributed by atoms with Crippen molar-refractivity contribution in [2.75, 3.05) is 11.4 Å². The Morgan fingerprint density at radius 2 is 1.85 bits per heavy atom. The molecule has 1 aliphatic rings. The number of aryl methyl sites for hydroxylation is 1. The summed E-state index contributed by atoms with van der Waals surface area (Å²) < 4.78 is 0. The van der Waals surface area contributed by atoms with E-state index in [0.717, 1.165) is 25.1 Å². The summed E-state index contributed by atoms with van der Waals surface area (Å²) in [4.78, 5) is 13.2. The number of hydrogen-bond donors (Lipinski definition) is 1. The molecular formula is C17H17NO2. The monoisotopic (exact) mass is 267 g/mol. The van der Waals surface area contributed by atoms with Crippen molar-refractivity contribution in [3.63, 3.8) is 0 Å². The van der Waals surface area contributed by atoms with Crippen molar-refractivity contribution in [2.45, 2.75) is 19.4 Å². The number of carboxylic acids is 1. The van der Waals surface area contributed by atoms with E-state index in [1.54, 1.807) is 12.1 Å². The van der Waals surface area contributed by atoms with Crippen molar-refractivity contribution in [2.24, 2.45) is 0 Å². The summed E-state index contributed by atoms with van der Waals surface area (Å²) in [5.41, 5.74) is 4.20. The van der Waals surface area contributed by atoms with Crippen LogP contribution in [0, 0.1) is 0 Å². The van der Waals surface area contributed by atoms with Crippen LogP contribution in [0.2, 0.25) is 0 Å². The minimum absolute atomic E-state index is 0.341. The number of rotatable bonds is 3. The van der Waals surface area contributed by atoms with Crippen LogP contribution >= 0.6 is 0 Å². The van der Waals surface area contributed by atoms with Crippen LogP contribution in [0.5, 0.6) is 0 Å². The number of hydrogen-bond acceptors (Lipinski definition) is 2. The maximum Gasteiger partial charge on any atom is 0.335 e. The molecule has 0 saturated heterocycles. The average molecular weight is 267 g/mol. The molecule has 0 atom stereocenters. The van der Waals surface area contributed by atoms with Gasteiger partial charge in [0, 0.05) is 18.8 Å². The van der Waals surface area contributed by atoms with Crippen molar-refractivity contribution < 1.29 is 9.90 Å². The van der Waals surface area contributed by atoms with Crippen LogP contribution in [0.4, 0.5) is 5.69 Å². The molecule has 0 amide bonds. The van der Waals surface area contributed by atoms with Crippen LogP contribution in [0.1, 0.15) is 27.9 Å². The number of aromatic carboxylic acids is 1. The van der Waals surface area contributed by atoms with Gasteiger partial charge in [0.1, 0.15) is 0 Å². The lowest BCUT2D eigenvalue weighted by atomic mass is 10.0. The van der Waals surface area contributed by atoms with Gasteiger partial charge in [0.2, 0.25) is 0 Å². The topological polar surface area (TPSA) is 40.5 Å². The number of carboxylic acid groups (broad SMARTS) is 1. The minimum Gasteiger partial charge on any atom is -0.478 e. The normalized spacial score (nSPS) is 13.9. The second kappa shape index (κ2) is 5.37. The van der Waals surface area contributed by atoms with Crippen molar-refractivity contribution in [3.05, 3.63) is 65.2 Å². The van der Waals surface area contributed by atoms with Crippen LogP contribution < -0.4 is 4.90 Å². The van der Waals surface area contributed by atoms with Crippen LogP contribution in [0.15, 0.2) is 48.5 Å². The molecule has 20 heavy (non-hydrogen) atoms. The Morgan fingerprint density at radius 1 is 1.10 bits per heavy atom. The quantitative estimate of drug-likeness (QED) is 0.927. The Bertz CT molecular complexity index is 619. The molecule has 0 saturated carbocycles. The lowest BCUT2D eigenvalue weighted by Crippen LogP contribution is -2.28. The number of fused-ring (bicyclic) bond motifs is 1. The van der Waals surface area contributed by atoms with E-state index in [2.05, 4.69) is 29.2 Å². The summed E-state index contributed by atoms with van der Waals surface area (Å²) in [6.45, 7) is 1.88. The zero-order valence-electron chi connectivity index (χ0n) is 11.2. The molecule has 0 radical (unpaired) electrons.